The van der Waals surface area contributed by atoms with E-state index >= 15 is 0 Å². The summed E-state index contributed by atoms with van der Waals surface area (Å²) in [4.78, 5) is 34.0. The minimum Gasteiger partial charge on any atom is -0.340 e. The van der Waals surface area contributed by atoms with Crippen molar-refractivity contribution in [3.8, 4) is 0 Å². The van der Waals surface area contributed by atoms with Crippen LogP contribution in [0.1, 0.15) is 12.0 Å². The summed E-state index contributed by atoms with van der Waals surface area (Å²) in [6.07, 6.45) is 1.78. The normalized spacial score (nSPS) is 15.2. The second-order valence-corrected chi connectivity index (χ2v) is 8.33. The average Bonchev–Trinajstić information content (AvgIpc) is 3.20. The van der Waals surface area contributed by atoms with Crippen LogP contribution in [0, 0.1) is 5.82 Å². The van der Waals surface area contributed by atoms with Crippen molar-refractivity contribution in [1.82, 2.24) is 19.4 Å². The van der Waals surface area contributed by atoms with Crippen molar-refractivity contribution in [2.24, 2.45) is 0 Å². The molecule has 0 N–H and O–H groups in total. The molecule has 6 nitrogen and oxygen atoms in total. The van der Waals surface area contributed by atoms with E-state index in [0.29, 0.717) is 36.6 Å². The van der Waals surface area contributed by atoms with E-state index in [2.05, 4.69) is 9.88 Å². The smallest absolute Gasteiger partial charge is 0.262 e. The van der Waals surface area contributed by atoms with Crippen LogP contribution in [0.25, 0.3) is 10.2 Å². The van der Waals surface area contributed by atoms with Gasteiger partial charge in [-0.25, -0.2) is 9.37 Å². The standard InChI is InChI=1S/C20H20ClFN4O2S/c21-17-11-15(22)2-1-14(17)12-24-6-8-25(9-7-24)18(27)3-5-26-13-23-19-16(20(26)28)4-10-29-19/h1-2,4,10-11,13H,3,5-9,12H2. The first-order chi connectivity index (χ1) is 14.0. The quantitative estimate of drug-likeness (QED) is 0.619. The molecule has 2 aromatic heterocycles. The predicted molar refractivity (Wildman–Crippen MR) is 112 cm³/mol. The molecule has 1 saturated heterocycles. The molecule has 0 saturated carbocycles. The molecule has 0 spiro atoms. The van der Waals surface area contributed by atoms with Crippen LogP contribution in [0.15, 0.2) is 40.8 Å². The summed E-state index contributed by atoms with van der Waals surface area (Å²) in [6, 6.07) is 6.19. The number of fused-ring (bicyclic) bond motifs is 1. The topological polar surface area (TPSA) is 58.4 Å². The molecular formula is C20H20ClFN4O2S. The highest BCUT2D eigenvalue weighted by Crippen LogP contribution is 2.20. The fraction of sp³-hybridized carbons (Fsp3) is 0.350. The zero-order chi connectivity index (χ0) is 20.4. The van der Waals surface area contributed by atoms with Crippen molar-refractivity contribution in [3.05, 3.63) is 62.7 Å². The van der Waals surface area contributed by atoms with E-state index in [9.17, 15) is 14.0 Å². The lowest BCUT2D eigenvalue weighted by atomic mass is 10.2. The maximum absolute atomic E-state index is 13.2. The number of rotatable bonds is 5. The Hall–Kier alpha value is -2.29. The van der Waals surface area contributed by atoms with Crippen molar-refractivity contribution < 1.29 is 9.18 Å². The van der Waals surface area contributed by atoms with Crippen molar-refractivity contribution in [2.45, 2.75) is 19.5 Å². The monoisotopic (exact) mass is 434 g/mol. The lowest BCUT2D eigenvalue weighted by Crippen LogP contribution is -2.48. The number of nitrogens with zero attached hydrogens (tertiary/aromatic N) is 4. The highest BCUT2D eigenvalue weighted by atomic mass is 35.5. The molecule has 1 aromatic carbocycles. The van der Waals surface area contributed by atoms with Gasteiger partial charge in [0.15, 0.2) is 0 Å². The molecule has 3 heterocycles. The van der Waals surface area contributed by atoms with Crippen molar-refractivity contribution in [2.75, 3.05) is 26.2 Å². The largest absolute Gasteiger partial charge is 0.340 e. The van der Waals surface area contributed by atoms with Crippen LogP contribution >= 0.6 is 22.9 Å². The molecule has 1 aliphatic heterocycles. The van der Waals surface area contributed by atoms with Gasteiger partial charge in [0.1, 0.15) is 10.6 Å². The van der Waals surface area contributed by atoms with E-state index in [0.717, 1.165) is 23.5 Å². The van der Waals surface area contributed by atoms with Gasteiger partial charge in [-0.05, 0) is 29.1 Å². The molecule has 1 fully saturated rings. The first-order valence-corrected chi connectivity index (χ1v) is 10.6. The average molecular weight is 435 g/mol. The number of carbonyl (C=O) groups excluding carboxylic acids is 1. The summed E-state index contributed by atoms with van der Waals surface area (Å²) in [5, 5.41) is 2.86. The van der Waals surface area contributed by atoms with E-state index in [-0.39, 0.29) is 23.7 Å². The van der Waals surface area contributed by atoms with E-state index in [1.54, 1.807) is 12.1 Å². The van der Waals surface area contributed by atoms with Gasteiger partial charge in [0, 0.05) is 50.7 Å². The zero-order valence-electron chi connectivity index (χ0n) is 15.7. The summed E-state index contributed by atoms with van der Waals surface area (Å²) in [7, 11) is 0. The predicted octanol–water partition coefficient (Wildman–Crippen LogP) is 2.99. The highest BCUT2D eigenvalue weighted by Gasteiger charge is 2.21. The molecule has 0 bridgehead atoms. The Morgan fingerprint density at radius 1 is 1.21 bits per heavy atom. The van der Waals surface area contributed by atoms with Gasteiger partial charge in [-0.2, -0.15) is 0 Å². The molecule has 0 unspecified atom stereocenters. The lowest BCUT2D eigenvalue weighted by Gasteiger charge is -2.35. The molecule has 1 amide bonds. The van der Waals surface area contributed by atoms with Crippen LogP contribution in [0.5, 0.6) is 0 Å². The molecule has 3 aromatic rings. The number of halogens is 2. The van der Waals surface area contributed by atoms with Crippen LogP contribution in [0.3, 0.4) is 0 Å². The van der Waals surface area contributed by atoms with Crippen LogP contribution in [-0.4, -0.2) is 51.4 Å². The second-order valence-electron chi connectivity index (χ2n) is 7.03. The number of thiophene rings is 1. The summed E-state index contributed by atoms with van der Waals surface area (Å²) in [6.45, 7) is 3.64. The summed E-state index contributed by atoms with van der Waals surface area (Å²) < 4.78 is 14.7. The Morgan fingerprint density at radius 3 is 2.76 bits per heavy atom. The first-order valence-electron chi connectivity index (χ1n) is 9.38. The van der Waals surface area contributed by atoms with E-state index in [4.69, 9.17) is 11.6 Å². The number of aryl methyl sites for hydroxylation is 1. The van der Waals surface area contributed by atoms with Gasteiger partial charge in [0.05, 0.1) is 11.7 Å². The maximum Gasteiger partial charge on any atom is 0.262 e. The fourth-order valence-corrected chi connectivity index (χ4v) is 4.42. The number of carbonyl (C=O) groups is 1. The van der Waals surface area contributed by atoms with E-state index in [1.807, 2.05) is 10.3 Å². The maximum atomic E-state index is 13.2. The van der Waals surface area contributed by atoms with Crippen molar-refractivity contribution in [3.63, 3.8) is 0 Å². The number of benzene rings is 1. The van der Waals surface area contributed by atoms with Gasteiger partial charge >= 0.3 is 0 Å². The summed E-state index contributed by atoms with van der Waals surface area (Å²) >= 11 is 7.53. The molecule has 0 atom stereocenters. The molecule has 0 aliphatic carbocycles. The minimum atomic E-state index is -0.346. The van der Waals surface area contributed by atoms with Crippen molar-refractivity contribution in [1.29, 1.82) is 0 Å². The van der Waals surface area contributed by atoms with Crippen LogP contribution in [-0.2, 0) is 17.9 Å². The summed E-state index contributed by atoms with van der Waals surface area (Å²) in [5.74, 6) is -0.316. The minimum absolute atomic E-state index is 0.0294. The molecular weight excluding hydrogens is 415 g/mol. The first kappa shape index (κ1) is 20.0. The van der Waals surface area contributed by atoms with Gasteiger partial charge in [-0.3, -0.25) is 19.1 Å². The molecule has 152 valence electrons. The highest BCUT2D eigenvalue weighted by molar-refractivity contribution is 7.16. The fourth-order valence-electron chi connectivity index (χ4n) is 3.47. The molecule has 29 heavy (non-hydrogen) atoms. The van der Waals surface area contributed by atoms with Gasteiger partial charge in [0.2, 0.25) is 5.91 Å². The van der Waals surface area contributed by atoms with E-state index < -0.39 is 0 Å². The van der Waals surface area contributed by atoms with Gasteiger partial charge < -0.3 is 4.90 Å². The van der Waals surface area contributed by atoms with Gasteiger partial charge in [-0.1, -0.05) is 17.7 Å². The third kappa shape index (κ3) is 4.49. The van der Waals surface area contributed by atoms with Crippen LogP contribution < -0.4 is 5.56 Å². The Kier molecular flexibility index (Phi) is 5.94. The zero-order valence-corrected chi connectivity index (χ0v) is 17.3. The third-order valence-electron chi connectivity index (χ3n) is 5.15. The molecule has 4 rings (SSSR count). The van der Waals surface area contributed by atoms with E-state index in [1.165, 1.54) is 34.4 Å². The molecule has 9 heteroatoms. The second kappa shape index (κ2) is 8.61. The number of aromatic nitrogens is 2. The Morgan fingerprint density at radius 2 is 2.00 bits per heavy atom. The Balaban J connectivity index is 1.29. The lowest BCUT2D eigenvalue weighted by molar-refractivity contribution is -0.133. The summed E-state index contributed by atoms with van der Waals surface area (Å²) in [5.41, 5.74) is 0.772. The third-order valence-corrected chi connectivity index (χ3v) is 6.32. The van der Waals surface area contributed by atoms with Gasteiger partial charge in [0.25, 0.3) is 5.56 Å². The Bertz CT molecular complexity index is 1090. The number of hydrogen-bond acceptors (Lipinski definition) is 5. The number of piperazine rings is 1. The molecule has 1 aliphatic rings. The van der Waals surface area contributed by atoms with Crippen LogP contribution in [0.2, 0.25) is 5.02 Å². The molecule has 0 radical (unpaired) electrons. The van der Waals surface area contributed by atoms with Gasteiger partial charge in [-0.15, -0.1) is 11.3 Å². The van der Waals surface area contributed by atoms with Crippen LogP contribution in [0.4, 0.5) is 4.39 Å². The number of amides is 1. The number of hydrogen-bond donors (Lipinski definition) is 0. The van der Waals surface area contributed by atoms with Crippen molar-refractivity contribution >= 4 is 39.1 Å². The SMILES string of the molecule is O=C(CCn1cnc2sccc2c1=O)N1CCN(Cc2ccc(F)cc2Cl)CC1. The Labute approximate surface area is 176 Å².